The lowest BCUT2D eigenvalue weighted by molar-refractivity contribution is -0.357. The van der Waals surface area contributed by atoms with Crippen LogP contribution in [-0.4, -0.2) is 124 Å². The minimum Gasteiger partial charge on any atom is -0.508 e. The van der Waals surface area contributed by atoms with Gasteiger partial charge in [0.2, 0.25) is 0 Å². The summed E-state index contributed by atoms with van der Waals surface area (Å²) in [4.78, 5) is 24.7. The van der Waals surface area contributed by atoms with Crippen molar-refractivity contribution in [1.29, 1.82) is 0 Å². The predicted molar refractivity (Wildman–Crippen MR) is 160 cm³/mol. The lowest BCUT2D eigenvalue weighted by atomic mass is 9.97. The maximum Gasteiger partial charge on any atom is 0.330 e. The number of hydrogen-bond donors (Lipinski definition) is 6. The summed E-state index contributed by atoms with van der Waals surface area (Å²) >= 11 is 0. The van der Waals surface area contributed by atoms with Crippen molar-refractivity contribution in [2.45, 2.75) is 81.7 Å². The van der Waals surface area contributed by atoms with Gasteiger partial charge < -0.3 is 63.8 Å². The number of aliphatic hydroxyl groups is 4. The van der Waals surface area contributed by atoms with E-state index >= 15 is 0 Å². The molecule has 2 heterocycles. The number of methoxy groups -OCH3 is 1. The normalized spacial score (nSPS) is 31.0. The van der Waals surface area contributed by atoms with E-state index in [0.29, 0.717) is 5.56 Å². The molecule has 0 amide bonds. The molecule has 15 nitrogen and oxygen atoms in total. The Morgan fingerprint density at radius 1 is 0.894 bits per heavy atom. The topological polar surface area (TPSA) is 220 Å². The molecule has 15 heteroatoms. The average Bonchev–Trinajstić information content (AvgIpc) is 3.04. The van der Waals surface area contributed by atoms with Gasteiger partial charge >= 0.3 is 11.9 Å². The second kappa shape index (κ2) is 16.3. The van der Waals surface area contributed by atoms with Crippen molar-refractivity contribution in [2.24, 2.45) is 0 Å². The first-order chi connectivity index (χ1) is 22.4. The van der Waals surface area contributed by atoms with Crippen molar-refractivity contribution < 1.29 is 73.4 Å². The van der Waals surface area contributed by atoms with E-state index in [4.69, 9.17) is 33.2 Å². The lowest BCUT2D eigenvalue weighted by Crippen LogP contribution is -2.65. The van der Waals surface area contributed by atoms with Crippen molar-refractivity contribution >= 4 is 18.0 Å². The summed E-state index contributed by atoms with van der Waals surface area (Å²) < 4.78 is 39.2. The van der Waals surface area contributed by atoms with Crippen LogP contribution in [0.15, 0.2) is 48.5 Å². The minimum atomic E-state index is -1.75. The fraction of sp³-hybridized carbons (Fsp3) is 0.500. The summed E-state index contributed by atoms with van der Waals surface area (Å²) in [7, 11) is 1.41. The molecule has 2 aromatic rings. The zero-order valence-electron chi connectivity index (χ0n) is 25.9. The number of esters is 2. The highest BCUT2D eigenvalue weighted by Gasteiger charge is 2.52. The maximum atomic E-state index is 12.5. The number of phenolic OH excluding ortho intramolecular Hbond substituents is 2. The van der Waals surface area contributed by atoms with E-state index in [9.17, 15) is 40.2 Å². The Kier molecular flexibility index (Phi) is 12.5. The summed E-state index contributed by atoms with van der Waals surface area (Å²) in [6.45, 7) is 2.03. The highest BCUT2D eigenvalue weighted by Crippen LogP contribution is 2.32. The van der Waals surface area contributed by atoms with Crippen LogP contribution in [0.1, 0.15) is 25.0 Å². The number of carbonyl (C=O) groups is 2. The van der Waals surface area contributed by atoms with E-state index < -0.39 is 80.0 Å². The predicted octanol–water partition coefficient (Wildman–Crippen LogP) is 0.152. The Hall–Kier alpha value is -3.80. The van der Waals surface area contributed by atoms with Gasteiger partial charge in [-0.25, -0.2) is 4.79 Å². The Balaban J connectivity index is 1.53. The quantitative estimate of drug-likeness (QED) is 0.131. The summed E-state index contributed by atoms with van der Waals surface area (Å²) in [6, 6.07) is 10.8. The van der Waals surface area contributed by atoms with E-state index in [1.807, 2.05) is 0 Å². The molecule has 0 radical (unpaired) electrons. The Morgan fingerprint density at radius 2 is 1.62 bits per heavy atom. The first-order valence-corrected chi connectivity index (χ1v) is 14.8. The van der Waals surface area contributed by atoms with Crippen LogP contribution < -0.4 is 4.74 Å². The molecule has 0 unspecified atom stereocenters. The van der Waals surface area contributed by atoms with Crippen LogP contribution in [0.3, 0.4) is 0 Å². The van der Waals surface area contributed by atoms with Crippen molar-refractivity contribution in [3.63, 3.8) is 0 Å². The number of aromatic hydroxyl groups is 2. The molecule has 0 aliphatic carbocycles. The number of aliphatic hydroxyl groups excluding tert-OH is 4. The zero-order chi connectivity index (χ0) is 34.2. The number of hydrogen-bond acceptors (Lipinski definition) is 15. The van der Waals surface area contributed by atoms with Gasteiger partial charge in [0.05, 0.1) is 19.8 Å². The number of carbonyl (C=O) groups excluding carboxylic acids is 2. The van der Waals surface area contributed by atoms with Crippen molar-refractivity contribution in [3.05, 3.63) is 59.7 Å². The molecule has 47 heavy (non-hydrogen) atoms. The van der Waals surface area contributed by atoms with E-state index in [2.05, 4.69) is 0 Å². The van der Waals surface area contributed by atoms with Crippen LogP contribution in [0.25, 0.3) is 6.08 Å². The summed E-state index contributed by atoms with van der Waals surface area (Å²) in [6.07, 6.45) is -11.8. The third-order valence-corrected chi connectivity index (χ3v) is 7.63. The van der Waals surface area contributed by atoms with Crippen LogP contribution >= 0.6 is 0 Å². The van der Waals surface area contributed by atoms with E-state index in [1.165, 1.54) is 38.3 Å². The van der Waals surface area contributed by atoms with Crippen LogP contribution in [0.4, 0.5) is 0 Å². The number of rotatable bonds is 12. The van der Waals surface area contributed by atoms with Crippen LogP contribution in [0, 0.1) is 0 Å². The summed E-state index contributed by atoms with van der Waals surface area (Å²) in [5.74, 6) is -1.31. The minimum absolute atomic E-state index is 0.0223. The second-order valence-corrected chi connectivity index (χ2v) is 11.1. The fourth-order valence-electron chi connectivity index (χ4n) is 5.05. The Morgan fingerprint density at radius 3 is 2.30 bits per heavy atom. The average molecular weight is 665 g/mol. The van der Waals surface area contributed by atoms with E-state index in [-0.39, 0.29) is 30.3 Å². The molecule has 2 saturated heterocycles. The van der Waals surface area contributed by atoms with Gasteiger partial charge in [0, 0.05) is 13.0 Å². The highest BCUT2D eigenvalue weighted by molar-refractivity contribution is 5.87. The molecule has 2 aliphatic rings. The number of phenols is 2. The van der Waals surface area contributed by atoms with Gasteiger partial charge in [-0.05, 0) is 54.8 Å². The van der Waals surface area contributed by atoms with Gasteiger partial charge in [-0.3, -0.25) is 4.79 Å². The Bertz CT molecular complexity index is 1360. The monoisotopic (exact) mass is 664 g/mol. The molecular weight excluding hydrogens is 624 g/mol. The molecular formula is C32H40O15. The molecule has 0 bridgehead atoms. The molecule has 0 spiro atoms. The molecule has 2 fully saturated rings. The molecule has 2 aliphatic heterocycles. The third kappa shape index (κ3) is 9.39. The smallest absolute Gasteiger partial charge is 0.330 e. The largest absolute Gasteiger partial charge is 0.508 e. The van der Waals surface area contributed by atoms with Crippen molar-refractivity contribution in [3.8, 4) is 17.2 Å². The standard InChI is InChI=1S/C32H40O15/c1-16-25(37)27(39)28(40)31(44-16)47-29-26(38)23(15-43-24(36)11-7-18-4-8-20(34)9-5-18)46-32(30(29)45-17(2)33)42-13-12-19-6-10-21(35)22(14-19)41-3/h4-11,14,16,23,25-32,34-35,37-40H,12-13,15H2,1-3H3/b11-7+/t16-,23+,25-,26+,27+,28+,29-,30+,31-,32+/m0/s1. The number of ether oxygens (including phenoxy) is 7. The first kappa shape index (κ1) is 36.0. The maximum absolute atomic E-state index is 12.5. The second-order valence-electron chi connectivity index (χ2n) is 11.1. The SMILES string of the molecule is COc1cc(CCO[C@@H]2O[C@H](COC(=O)/C=C/c3ccc(O)cc3)[C@@H](O)[C@H](O[C@@H]3O[C@@H](C)[C@H](O)[C@@H](O)[C@H]3O)[C@H]2OC(C)=O)ccc1O. The molecule has 6 N–H and O–H groups in total. The molecule has 10 atom stereocenters. The first-order valence-electron chi connectivity index (χ1n) is 14.8. The van der Waals surface area contributed by atoms with Crippen LogP contribution in [-0.2, 0) is 44.4 Å². The zero-order valence-corrected chi connectivity index (χ0v) is 25.9. The molecule has 4 rings (SSSR count). The third-order valence-electron chi connectivity index (χ3n) is 7.63. The van der Waals surface area contributed by atoms with Crippen molar-refractivity contribution in [1.82, 2.24) is 0 Å². The summed E-state index contributed by atoms with van der Waals surface area (Å²) in [5.41, 5.74) is 1.33. The number of benzene rings is 2. The van der Waals surface area contributed by atoms with Crippen molar-refractivity contribution in [2.75, 3.05) is 20.3 Å². The van der Waals surface area contributed by atoms with Crippen LogP contribution in [0.5, 0.6) is 17.2 Å². The lowest BCUT2D eigenvalue weighted by Gasteiger charge is -2.46. The molecule has 0 saturated carbocycles. The summed E-state index contributed by atoms with van der Waals surface area (Å²) in [5, 5.41) is 61.7. The van der Waals surface area contributed by atoms with E-state index in [0.717, 1.165) is 18.6 Å². The highest BCUT2D eigenvalue weighted by atomic mass is 16.7. The molecule has 0 aromatic heterocycles. The van der Waals surface area contributed by atoms with Gasteiger partial charge in [-0.2, -0.15) is 0 Å². The molecule has 2 aromatic carbocycles. The Labute approximate surface area is 270 Å². The molecule has 258 valence electrons. The van der Waals surface area contributed by atoms with Gasteiger partial charge in [0.15, 0.2) is 30.2 Å². The van der Waals surface area contributed by atoms with Gasteiger partial charge in [0.1, 0.15) is 49.0 Å². The van der Waals surface area contributed by atoms with Gasteiger partial charge in [0.25, 0.3) is 0 Å². The van der Waals surface area contributed by atoms with E-state index in [1.54, 1.807) is 24.3 Å². The van der Waals surface area contributed by atoms with Gasteiger partial charge in [-0.1, -0.05) is 18.2 Å². The van der Waals surface area contributed by atoms with Crippen LogP contribution in [0.2, 0.25) is 0 Å². The van der Waals surface area contributed by atoms with Gasteiger partial charge in [-0.15, -0.1) is 0 Å². The fourth-order valence-corrected chi connectivity index (χ4v) is 5.05.